The first-order valence-electron chi connectivity index (χ1n) is 6.02. The van der Waals surface area contributed by atoms with E-state index in [4.69, 9.17) is 5.73 Å². The third kappa shape index (κ3) is 3.00. The van der Waals surface area contributed by atoms with Crippen LogP contribution in [0.1, 0.15) is 26.6 Å². The average Bonchev–Trinajstić information content (AvgIpc) is 2.84. The Balaban J connectivity index is 2.27. The van der Waals surface area contributed by atoms with Crippen molar-refractivity contribution in [1.29, 1.82) is 0 Å². The van der Waals surface area contributed by atoms with Crippen LogP contribution in [0, 0.1) is 13.8 Å². The first-order chi connectivity index (χ1) is 9.01. The normalized spacial score (nSPS) is 10.5. The molecule has 2 rings (SSSR count). The maximum atomic E-state index is 12.3. The Morgan fingerprint density at radius 3 is 2.47 bits per heavy atom. The molecule has 0 atom stereocenters. The highest BCUT2D eigenvalue weighted by atomic mass is 32.1. The summed E-state index contributed by atoms with van der Waals surface area (Å²) in [6.45, 7) is 4.40. The van der Waals surface area contributed by atoms with E-state index in [2.05, 4.69) is 11.1 Å². The van der Waals surface area contributed by atoms with Gasteiger partial charge in [-0.3, -0.25) is 4.79 Å². The monoisotopic (exact) mass is 275 g/mol. The van der Waals surface area contributed by atoms with Gasteiger partial charge in [-0.15, -0.1) is 11.3 Å². The van der Waals surface area contributed by atoms with Gasteiger partial charge in [-0.05, 0) is 37.1 Å². The van der Waals surface area contributed by atoms with Crippen LogP contribution in [0.15, 0.2) is 23.6 Å². The third-order valence-corrected chi connectivity index (χ3v) is 3.72. The van der Waals surface area contributed by atoms with Crippen molar-refractivity contribution in [3.63, 3.8) is 0 Å². The lowest BCUT2D eigenvalue weighted by Gasteiger charge is -2.17. The molecule has 1 aromatic carbocycles. The molecule has 0 unspecified atom stereocenters. The van der Waals surface area contributed by atoms with E-state index in [9.17, 15) is 4.79 Å². The van der Waals surface area contributed by atoms with Gasteiger partial charge in [-0.25, -0.2) is 4.98 Å². The summed E-state index contributed by atoms with van der Waals surface area (Å²) in [6.07, 6.45) is 0. The highest BCUT2D eigenvalue weighted by Gasteiger charge is 2.17. The van der Waals surface area contributed by atoms with Gasteiger partial charge >= 0.3 is 0 Å². The van der Waals surface area contributed by atoms with Crippen molar-refractivity contribution in [2.24, 2.45) is 5.73 Å². The summed E-state index contributed by atoms with van der Waals surface area (Å²) in [6, 6.07) is 6.05. The zero-order valence-electron chi connectivity index (χ0n) is 11.3. The molecule has 0 radical (unpaired) electrons. The minimum atomic E-state index is -0.110. The smallest absolute Gasteiger partial charge is 0.277 e. The number of hydrogen-bond donors (Lipinski definition) is 1. The fraction of sp³-hybridized carbons (Fsp3) is 0.286. The van der Waals surface area contributed by atoms with Gasteiger partial charge in [-0.1, -0.05) is 6.07 Å². The number of amides is 1. The molecule has 0 fully saturated rings. The maximum absolute atomic E-state index is 12.3. The molecule has 100 valence electrons. The molecule has 1 heterocycles. The molecule has 1 amide bonds. The molecular weight excluding hydrogens is 258 g/mol. The minimum absolute atomic E-state index is 0.110. The minimum Gasteiger partial charge on any atom is -0.325 e. The summed E-state index contributed by atoms with van der Waals surface area (Å²) in [5.74, 6) is -0.110. The Bertz CT molecular complexity index is 586. The van der Waals surface area contributed by atoms with Crippen LogP contribution in [0.2, 0.25) is 0 Å². The lowest BCUT2D eigenvalue weighted by molar-refractivity contribution is 0.0989. The van der Waals surface area contributed by atoms with Crippen LogP contribution in [0.25, 0.3) is 0 Å². The van der Waals surface area contributed by atoms with Crippen LogP contribution in [0.5, 0.6) is 0 Å². The number of nitrogens with zero attached hydrogens (tertiary/aromatic N) is 2. The second-order valence-electron chi connectivity index (χ2n) is 4.54. The number of aromatic nitrogens is 1. The van der Waals surface area contributed by atoms with Crippen LogP contribution >= 0.6 is 11.3 Å². The van der Waals surface area contributed by atoms with E-state index < -0.39 is 0 Å². The van der Waals surface area contributed by atoms with Crippen molar-refractivity contribution in [1.82, 2.24) is 4.98 Å². The second kappa shape index (κ2) is 5.50. The van der Waals surface area contributed by atoms with Gasteiger partial charge in [-0.2, -0.15) is 0 Å². The lowest BCUT2D eigenvalue weighted by atomic mass is 10.1. The lowest BCUT2D eigenvalue weighted by Crippen LogP contribution is -2.26. The number of carbonyl (C=O) groups is 1. The second-order valence-corrected chi connectivity index (χ2v) is 5.48. The summed E-state index contributed by atoms with van der Waals surface area (Å²) in [7, 11) is 1.76. The molecule has 0 spiro atoms. The largest absolute Gasteiger partial charge is 0.325 e. The first-order valence-corrected chi connectivity index (χ1v) is 6.90. The van der Waals surface area contributed by atoms with Gasteiger partial charge in [0.15, 0.2) is 0 Å². The maximum Gasteiger partial charge on any atom is 0.277 e. The number of thiazole rings is 1. The molecular formula is C14H17N3OS. The van der Waals surface area contributed by atoms with Crippen molar-refractivity contribution < 1.29 is 4.79 Å². The molecule has 2 aromatic rings. The molecule has 1 aromatic heterocycles. The zero-order chi connectivity index (χ0) is 14.0. The first kappa shape index (κ1) is 13.7. The van der Waals surface area contributed by atoms with Gasteiger partial charge in [0.1, 0.15) is 10.7 Å². The van der Waals surface area contributed by atoms with Crippen LogP contribution in [0.3, 0.4) is 0 Å². The number of benzene rings is 1. The predicted octanol–water partition coefficient (Wildman–Crippen LogP) is 2.50. The topological polar surface area (TPSA) is 59.2 Å². The molecule has 5 heteroatoms. The van der Waals surface area contributed by atoms with E-state index in [1.165, 1.54) is 11.3 Å². The molecule has 0 aliphatic heterocycles. The zero-order valence-corrected chi connectivity index (χ0v) is 12.1. The van der Waals surface area contributed by atoms with E-state index in [1.807, 2.05) is 26.0 Å². The standard InChI is InChI=1S/C14H17N3OS/c1-9-4-10(2)6-11(5-9)17(3)14(18)12-8-19-13(7-15)16-12/h4-6,8H,7,15H2,1-3H3. The van der Waals surface area contributed by atoms with Crippen molar-refractivity contribution in [2.75, 3.05) is 11.9 Å². The van der Waals surface area contributed by atoms with Crippen LogP contribution in [0.4, 0.5) is 5.69 Å². The molecule has 0 bridgehead atoms. The number of rotatable bonds is 3. The SMILES string of the molecule is Cc1cc(C)cc(N(C)C(=O)c2csc(CN)n2)c1. The number of aryl methyl sites for hydroxylation is 2. The molecule has 0 aliphatic carbocycles. The number of carbonyl (C=O) groups excluding carboxylic acids is 1. The molecule has 0 saturated heterocycles. The van der Waals surface area contributed by atoms with E-state index >= 15 is 0 Å². The van der Waals surface area contributed by atoms with E-state index in [0.29, 0.717) is 12.2 Å². The van der Waals surface area contributed by atoms with Crippen LogP contribution < -0.4 is 10.6 Å². The summed E-state index contributed by atoms with van der Waals surface area (Å²) >= 11 is 1.41. The van der Waals surface area contributed by atoms with Gasteiger partial charge in [0.25, 0.3) is 5.91 Å². The van der Waals surface area contributed by atoms with Gasteiger partial charge in [0.2, 0.25) is 0 Å². The molecule has 19 heavy (non-hydrogen) atoms. The Kier molecular flexibility index (Phi) is 3.97. The Labute approximate surface area is 116 Å². The molecule has 2 N–H and O–H groups in total. The number of nitrogens with two attached hydrogens (primary N) is 1. The van der Waals surface area contributed by atoms with Gasteiger partial charge in [0, 0.05) is 24.7 Å². The van der Waals surface area contributed by atoms with Crippen molar-refractivity contribution in [2.45, 2.75) is 20.4 Å². The summed E-state index contributed by atoms with van der Waals surface area (Å²) in [4.78, 5) is 18.2. The highest BCUT2D eigenvalue weighted by molar-refractivity contribution is 7.09. The summed E-state index contributed by atoms with van der Waals surface area (Å²) in [5, 5.41) is 2.53. The fourth-order valence-corrected chi connectivity index (χ4v) is 2.58. The van der Waals surface area contributed by atoms with E-state index in [1.54, 1.807) is 17.3 Å². The van der Waals surface area contributed by atoms with Crippen LogP contribution in [-0.2, 0) is 6.54 Å². The summed E-state index contributed by atoms with van der Waals surface area (Å²) in [5.41, 5.74) is 9.11. The molecule has 0 saturated carbocycles. The van der Waals surface area contributed by atoms with Gasteiger partial charge in [0.05, 0.1) is 0 Å². The van der Waals surface area contributed by atoms with Crippen molar-refractivity contribution in [3.8, 4) is 0 Å². The molecule has 4 nitrogen and oxygen atoms in total. The van der Waals surface area contributed by atoms with Gasteiger partial charge < -0.3 is 10.6 Å². The average molecular weight is 275 g/mol. The quantitative estimate of drug-likeness (QED) is 0.936. The Hall–Kier alpha value is -1.72. The highest BCUT2D eigenvalue weighted by Crippen LogP contribution is 2.20. The number of anilines is 1. The van der Waals surface area contributed by atoms with Crippen molar-refractivity contribution in [3.05, 3.63) is 45.4 Å². The predicted molar refractivity (Wildman–Crippen MR) is 78.7 cm³/mol. The number of hydrogen-bond acceptors (Lipinski definition) is 4. The fourth-order valence-electron chi connectivity index (χ4n) is 1.94. The Morgan fingerprint density at radius 1 is 1.32 bits per heavy atom. The van der Waals surface area contributed by atoms with E-state index in [-0.39, 0.29) is 5.91 Å². The van der Waals surface area contributed by atoms with E-state index in [0.717, 1.165) is 21.8 Å². The van der Waals surface area contributed by atoms with Crippen molar-refractivity contribution >= 4 is 22.9 Å². The molecule has 0 aliphatic rings. The third-order valence-electron chi connectivity index (χ3n) is 2.84. The summed E-state index contributed by atoms with van der Waals surface area (Å²) < 4.78 is 0. The van der Waals surface area contributed by atoms with Crippen LogP contribution in [-0.4, -0.2) is 17.9 Å². The Morgan fingerprint density at radius 2 is 1.95 bits per heavy atom.